The Morgan fingerprint density at radius 3 is 2.50 bits per heavy atom. The van der Waals surface area contributed by atoms with Gasteiger partial charge in [-0.1, -0.05) is 12.1 Å². The average molecular weight is 361 g/mol. The zero-order chi connectivity index (χ0) is 18.8. The van der Waals surface area contributed by atoms with Gasteiger partial charge in [-0.15, -0.1) is 0 Å². The molecule has 0 spiro atoms. The summed E-state index contributed by atoms with van der Waals surface area (Å²) in [5, 5.41) is 12.1. The number of rotatable bonds is 6. The minimum atomic E-state index is -0.462. The molecule has 138 valence electrons. The van der Waals surface area contributed by atoms with Gasteiger partial charge in [-0.25, -0.2) is 9.18 Å². The summed E-state index contributed by atoms with van der Waals surface area (Å²) in [6.07, 6.45) is 0.511. The molecule has 8 nitrogen and oxygen atoms in total. The zero-order valence-electron chi connectivity index (χ0n) is 14.6. The molecule has 0 atom stereocenters. The Hall–Kier alpha value is -2.94. The lowest BCUT2D eigenvalue weighted by Gasteiger charge is -2.11. The van der Waals surface area contributed by atoms with Crippen molar-refractivity contribution in [1.29, 1.82) is 0 Å². The molecule has 0 fully saturated rings. The van der Waals surface area contributed by atoms with Crippen molar-refractivity contribution < 1.29 is 9.50 Å². The summed E-state index contributed by atoms with van der Waals surface area (Å²) in [5.41, 5.74) is 0.424. The second kappa shape index (κ2) is 7.12. The van der Waals surface area contributed by atoms with Crippen LogP contribution in [-0.4, -0.2) is 36.9 Å². The largest absolute Gasteiger partial charge is 0.396 e. The quantitative estimate of drug-likeness (QED) is 0.621. The first kappa shape index (κ1) is 17.9. The SMILES string of the molecule is Cn1c(=O)c2c(nc(NCCCO)n2Cc2ccc(F)cc2)n(C)c1=O. The first-order chi connectivity index (χ1) is 12.4. The molecule has 0 amide bonds. The Morgan fingerprint density at radius 2 is 1.85 bits per heavy atom. The molecule has 26 heavy (non-hydrogen) atoms. The standard InChI is InChI=1S/C17H20FN5O3/c1-21-14-13(15(25)22(2)17(21)26)23(16(20-14)19-8-3-9-24)10-11-4-6-12(18)7-5-11/h4-7,24H,3,8-10H2,1-2H3,(H,19,20). The van der Waals surface area contributed by atoms with Gasteiger partial charge in [-0.05, 0) is 24.1 Å². The molecule has 0 saturated heterocycles. The molecule has 0 unspecified atom stereocenters. The second-order valence-corrected chi connectivity index (χ2v) is 6.03. The Kier molecular flexibility index (Phi) is 4.90. The molecule has 0 saturated carbocycles. The lowest BCUT2D eigenvalue weighted by molar-refractivity contribution is 0.292. The Balaban J connectivity index is 2.19. The maximum absolute atomic E-state index is 13.2. The van der Waals surface area contributed by atoms with E-state index >= 15 is 0 Å². The summed E-state index contributed by atoms with van der Waals surface area (Å²) < 4.78 is 17.2. The number of imidazole rings is 1. The molecule has 0 aliphatic carbocycles. The number of halogens is 1. The van der Waals surface area contributed by atoms with Crippen molar-refractivity contribution in [1.82, 2.24) is 18.7 Å². The van der Waals surface area contributed by atoms with Crippen LogP contribution in [0.4, 0.5) is 10.3 Å². The molecule has 3 rings (SSSR count). The molecule has 3 aromatic rings. The van der Waals surface area contributed by atoms with Crippen molar-refractivity contribution in [3.63, 3.8) is 0 Å². The molecular formula is C17H20FN5O3. The van der Waals surface area contributed by atoms with Crippen molar-refractivity contribution in [3.05, 3.63) is 56.5 Å². The van der Waals surface area contributed by atoms with E-state index < -0.39 is 11.2 Å². The van der Waals surface area contributed by atoms with Crippen LogP contribution >= 0.6 is 0 Å². The number of aromatic nitrogens is 4. The molecule has 2 heterocycles. The number of aliphatic hydroxyl groups is 1. The normalized spacial score (nSPS) is 11.2. The lowest BCUT2D eigenvalue weighted by atomic mass is 10.2. The number of fused-ring (bicyclic) bond motifs is 1. The summed E-state index contributed by atoms with van der Waals surface area (Å²) in [6.45, 7) is 0.759. The van der Waals surface area contributed by atoms with E-state index in [2.05, 4.69) is 10.3 Å². The Morgan fingerprint density at radius 1 is 1.15 bits per heavy atom. The molecule has 2 aromatic heterocycles. The number of hydrogen-bond donors (Lipinski definition) is 2. The summed E-state index contributed by atoms with van der Waals surface area (Å²) in [5.74, 6) is 0.0694. The molecular weight excluding hydrogens is 341 g/mol. The fraction of sp³-hybridized carbons (Fsp3) is 0.353. The molecule has 0 aliphatic rings. The van der Waals surface area contributed by atoms with E-state index in [9.17, 15) is 14.0 Å². The number of aryl methyl sites for hydroxylation is 1. The molecule has 0 bridgehead atoms. The minimum Gasteiger partial charge on any atom is -0.396 e. The fourth-order valence-corrected chi connectivity index (χ4v) is 2.79. The number of benzene rings is 1. The molecule has 9 heteroatoms. The summed E-state index contributed by atoms with van der Waals surface area (Å²) >= 11 is 0. The van der Waals surface area contributed by atoms with Gasteiger partial charge in [-0.3, -0.25) is 18.5 Å². The number of hydrogen-bond acceptors (Lipinski definition) is 5. The van der Waals surface area contributed by atoms with Crippen LogP contribution < -0.4 is 16.6 Å². The number of nitrogens with zero attached hydrogens (tertiary/aromatic N) is 4. The zero-order valence-corrected chi connectivity index (χ0v) is 14.6. The number of nitrogens with one attached hydrogen (secondary N) is 1. The van der Waals surface area contributed by atoms with Crippen molar-refractivity contribution >= 4 is 17.1 Å². The highest BCUT2D eigenvalue weighted by atomic mass is 19.1. The van der Waals surface area contributed by atoms with Gasteiger partial charge in [0.25, 0.3) is 5.56 Å². The second-order valence-electron chi connectivity index (χ2n) is 6.03. The Labute approximate surface area is 148 Å². The predicted molar refractivity (Wildman–Crippen MR) is 95.9 cm³/mol. The minimum absolute atomic E-state index is 0.0193. The van der Waals surface area contributed by atoms with E-state index in [0.717, 1.165) is 10.1 Å². The van der Waals surface area contributed by atoms with Gasteiger partial charge in [0.15, 0.2) is 11.2 Å². The smallest absolute Gasteiger partial charge is 0.332 e. The summed E-state index contributed by atoms with van der Waals surface area (Å²) in [7, 11) is 2.97. The van der Waals surface area contributed by atoms with Crippen LogP contribution in [0, 0.1) is 5.82 Å². The number of anilines is 1. The highest BCUT2D eigenvalue weighted by Gasteiger charge is 2.19. The van der Waals surface area contributed by atoms with Gasteiger partial charge in [0, 0.05) is 27.2 Å². The predicted octanol–water partition coefficient (Wildman–Crippen LogP) is 0.415. The highest BCUT2D eigenvalue weighted by Crippen LogP contribution is 2.18. The molecule has 1 aromatic carbocycles. The first-order valence-electron chi connectivity index (χ1n) is 8.19. The topological polar surface area (TPSA) is 94.1 Å². The van der Waals surface area contributed by atoms with E-state index in [-0.39, 0.29) is 30.1 Å². The van der Waals surface area contributed by atoms with Crippen LogP contribution in [0.25, 0.3) is 11.2 Å². The summed E-state index contributed by atoms with van der Waals surface area (Å²) in [4.78, 5) is 29.2. The molecule has 2 N–H and O–H groups in total. The average Bonchev–Trinajstić information content (AvgIpc) is 2.99. The van der Waals surface area contributed by atoms with Gasteiger partial charge in [0.05, 0.1) is 6.54 Å². The fourth-order valence-electron chi connectivity index (χ4n) is 2.79. The van der Waals surface area contributed by atoms with Crippen molar-refractivity contribution in [2.24, 2.45) is 14.1 Å². The third-order valence-electron chi connectivity index (χ3n) is 4.22. The third kappa shape index (κ3) is 3.13. The van der Waals surface area contributed by atoms with Crippen LogP contribution in [0.3, 0.4) is 0 Å². The maximum Gasteiger partial charge on any atom is 0.332 e. The molecule has 0 aliphatic heterocycles. The molecule has 0 radical (unpaired) electrons. The van der Waals surface area contributed by atoms with Crippen molar-refractivity contribution in [3.8, 4) is 0 Å². The first-order valence-corrected chi connectivity index (χ1v) is 8.19. The van der Waals surface area contributed by atoms with Gasteiger partial charge in [0.1, 0.15) is 5.82 Å². The van der Waals surface area contributed by atoms with Gasteiger partial charge < -0.3 is 10.4 Å². The van der Waals surface area contributed by atoms with Crippen LogP contribution in [0.1, 0.15) is 12.0 Å². The van der Waals surface area contributed by atoms with Crippen molar-refractivity contribution in [2.75, 3.05) is 18.5 Å². The van der Waals surface area contributed by atoms with E-state index in [4.69, 9.17) is 5.11 Å². The van der Waals surface area contributed by atoms with Crippen molar-refractivity contribution in [2.45, 2.75) is 13.0 Å². The van der Waals surface area contributed by atoms with E-state index in [0.29, 0.717) is 18.9 Å². The number of aliphatic hydroxyl groups excluding tert-OH is 1. The Bertz CT molecular complexity index is 1050. The van der Waals surface area contributed by atoms with Crippen LogP contribution in [0.2, 0.25) is 0 Å². The summed E-state index contributed by atoms with van der Waals surface area (Å²) in [6, 6.07) is 5.96. The maximum atomic E-state index is 13.2. The van der Waals surface area contributed by atoms with Gasteiger partial charge in [0.2, 0.25) is 5.95 Å². The monoisotopic (exact) mass is 361 g/mol. The van der Waals surface area contributed by atoms with Gasteiger partial charge in [-0.2, -0.15) is 4.98 Å². The van der Waals surface area contributed by atoms with Crippen LogP contribution in [0.15, 0.2) is 33.9 Å². The van der Waals surface area contributed by atoms with E-state index in [1.165, 1.54) is 23.7 Å². The van der Waals surface area contributed by atoms with Crippen LogP contribution in [0.5, 0.6) is 0 Å². The lowest BCUT2D eigenvalue weighted by Crippen LogP contribution is -2.37. The van der Waals surface area contributed by atoms with Crippen LogP contribution in [-0.2, 0) is 20.6 Å². The van der Waals surface area contributed by atoms with Gasteiger partial charge >= 0.3 is 5.69 Å². The highest BCUT2D eigenvalue weighted by molar-refractivity contribution is 5.74. The third-order valence-corrected chi connectivity index (χ3v) is 4.22. The van der Waals surface area contributed by atoms with E-state index in [1.807, 2.05) is 0 Å². The van der Waals surface area contributed by atoms with E-state index in [1.54, 1.807) is 23.7 Å².